The number of nitrogens with zero attached hydrogens (tertiary/aromatic N) is 6. The van der Waals surface area contributed by atoms with Crippen LogP contribution in [0.2, 0.25) is 0 Å². The van der Waals surface area contributed by atoms with Crippen LogP contribution in [0.1, 0.15) is 48.2 Å². The molecule has 4 heterocycles. The summed E-state index contributed by atoms with van der Waals surface area (Å²) in [6, 6.07) is 7.47. The van der Waals surface area contributed by atoms with Crippen LogP contribution in [0.5, 0.6) is 0 Å². The summed E-state index contributed by atoms with van der Waals surface area (Å²) < 4.78 is 1.94. The maximum Gasteiger partial charge on any atom is 0.273 e. The largest absolute Gasteiger partial charge is 0.325 e. The molecule has 0 N–H and O–H groups in total. The van der Waals surface area contributed by atoms with Crippen molar-refractivity contribution in [1.29, 1.82) is 0 Å². The minimum Gasteiger partial charge on any atom is -0.325 e. The van der Waals surface area contributed by atoms with Gasteiger partial charge in [0.2, 0.25) is 0 Å². The van der Waals surface area contributed by atoms with E-state index in [2.05, 4.69) is 28.9 Å². The average molecular weight is 376 g/mol. The molecular weight excluding hydrogens is 352 g/mol. The number of hydrogen-bond donors (Lipinski definition) is 0. The molecule has 0 saturated carbocycles. The Hall–Kier alpha value is -3.09. The first-order valence-electron chi connectivity index (χ1n) is 9.68. The zero-order valence-electron chi connectivity index (χ0n) is 16.4. The van der Waals surface area contributed by atoms with Crippen LogP contribution in [0.3, 0.4) is 0 Å². The van der Waals surface area contributed by atoms with Gasteiger partial charge in [0.15, 0.2) is 11.6 Å². The highest BCUT2D eigenvalue weighted by molar-refractivity contribution is 5.94. The van der Waals surface area contributed by atoms with Gasteiger partial charge < -0.3 is 4.90 Å². The second-order valence-corrected chi connectivity index (χ2v) is 7.26. The minimum absolute atomic E-state index is 0.0411. The molecule has 144 valence electrons. The van der Waals surface area contributed by atoms with E-state index in [1.165, 1.54) is 0 Å². The molecule has 0 aromatic carbocycles. The standard InChI is InChI=1S/C21H24N6O/c1-4-14(2)18-20-24-19(16-8-6-9-22-13-16)25-27(20)12-11-26(18)21(28)17-15(3)7-5-10-23-17/h5-10,13-14,18H,4,11-12H2,1-3H3/t14-,18-/m0/s1. The van der Waals surface area contributed by atoms with Crippen molar-refractivity contribution in [2.45, 2.75) is 39.8 Å². The van der Waals surface area contributed by atoms with Crippen LogP contribution in [-0.4, -0.2) is 42.1 Å². The number of aryl methyl sites for hydroxylation is 1. The number of hydrogen-bond acceptors (Lipinski definition) is 5. The fourth-order valence-corrected chi connectivity index (χ4v) is 3.69. The van der Waals surface area contributed by atoms with Crippen LogP contribution in [0.4, 0.5) is 0 Å². The predicted octanol–water partition coefficient (Wildman–Crippen LogP) is 3.29. The summed E-state index contributed by atoms with van der Waals surface area (Å²) in [5, 5.41) is 4.68. The van der Waals surface area contributed by atoms with E-state index in [9.17, 15) is 4.79 Å². The predicted molar refractivity (Wildman–Crippen MR) is 105 cm³/mol. The number of fused-ring (bicyclic) bond motifs is 1. The molecule has 0 radical (unpaired) electrons. The van der Waals surface area contributed by atoms with Crippen molar-refractivity contribution in [2.24, 2.45) is 5.92 Å². The number of carbonyl (C=O) groups is 1. The smallest absolute Gasteiger partial charge is 0.273 e. The Kier molecular flexibility index (Phi) is 4.90. The summed E-state index contributed by atoms with van der Waals surface area (Å²) in [5.74, 6) is 1.69. The van der Waals surface area contributed by atoms with Crippen molar-refractivity contribution in [3.63, 3.8) is 0 Å². The van der Waals surface area contributed by atoms with E-state index >= 15 is 0 Å². The van der Waals surface area contributed by atoms with E-state index in [0.717, 1.165) is 23.4 Å². The van der Waals surface area contributed by atoms with E-state index in [1.54, 1.807) is 18.6 Å². The van der Waals surface area contributed by atoms with E-state index in [-0.39, 0.29) is 17.9 Å². The lowest BCUT2D eigenvalue weighted by Crippen LogP contribution is -2.45. The summed E-state index contributed by atoms with van der Waals surface area (Å²) in [6.07, 6.45) is 6.10. The highest BCUT2D eigenvalue weighted by atomic mass is 16.2. The molecule has 3 aromatic heterocycles. The zero-order chi connectivity index (χ0) is 19.7. The molecule has 0 spiro atoms. The van der Waals surface area contributed by atoms with Gasteiger partial charge in [-0.05, 0) is 36.6 Å². The van der Waals surface area contributed by atoms with E-state index in [1.807, 2.05) is 40.8 Å². The van der Waals surface area contributed by atoms with E-state index in [4.69, 9.17) is 4.98 Å². The number of rotatable bonds is 4. The molecule has 3 aromatic rings. The molecule has 4 rings (SSSR count). The molecule has 1 aliphatic rings. The Bertz CT molecular complexity index is 984. The SMILES string of the molecule is CC[C@H](C)[C@H]1c2nc(-c3cccnc3)nn2CCN1C(=O)c1ncccc1C. The highest BCUT2D eigenvalue weighted by Crippen LogP contribution is 2.34. The molecule has 28 heavy (non-hydrogen) atoms. The van der Waals surface area contributed by atoms with Crippen molar-refractivity contribution in [2.75, 3.05) is 6.54 Å². The van der Waals surface area contributed by atoms with Crippen molar-refractivity contribution >= 4 is 5.91 Å². The fourth-order valence-electron chi connectivity index (χ4n) is 3.69. The lowest BCUT2D eigenvalue weighted by molar-refractivity contribution is 0.0511. The van der Waals surface area contributed by atoms with Crippen molar-refractivity contribution in [3.05, 3.63) is 59.9 Å². The first-order valence-corrected chi connectivity index (χ1v) is 9.68. The summed E-state index contributed by atoms with van der Waals surface area (Å²) in [7, 11) is 0. The molecule has 1 amide bonds. The monoisotopic (exact) mass is 376 g/mol. The first-order chi connectivity index (χ1) is 13.6. The molecule has 1 aliphatic heterocycles. The van der Waals surface area contributed by atoms with Crippen LogP contribution in [-0.2, 0) is 6.54 Å². The second kappa shape index (κ2) is 7.50. The van der Waals surface area contributed by atoms with Gasteiger partial charge in [0.25, 0.3) is 5.91 Å². The Morgan fingerprint density at radius 2 is 2.07 bits per heavy atom. The quantitative estimate of drug-likeness (QED) is 0.698. The van der Waals surface area contributed by atoms with Crippen LogP contribution in [0.25, 0.3) is 11.4 Å². The number of pyridine rings is 2. The Morgan fingerprint density at radius 3 is 2.79 bits per heavy atom. The van der Waals surface area contributed by atoms with Gasteiger partial charge in [-0.1, -0.05) is 26.3 Å². The van der Waals surface area contributed by atoms with Crippen LogP contribution >= 0.6 is 0 Å². The third kappa shape index (κ3) is 3.17. The van der Waals surface area contributed by atoms with Gasteiger partial charge in [-0.2, -0.15) is 5.10 Å². The Morgan fingerprint density at radius 1 is 1.25 bits per heavy atom. The van der Waals surface area contributed by atoms with Crippen LogP contribution in [0.15, 0.2) is 42.9 Å². The van der Waals surface area contributed by atoms with Gasteiger partial charge >= 0.3 is 0 Å². The lowest BCUT2D eigenvalue weighted by Gasteiger charge is -2.38. The zero-order valence-corrected chi connectivity index (χ0v) is 16.4. The van der Waals surface area contributed by atoms with Gasteiger partial charge in [-0.3, -0.25) is 14.8 Å². The topological polar surface area (TPSA) is 76.8 Å². The van der Waals surface area contributed by atoms with Crippen molar-refractivity contribution in [3.8, 4) is 11.4 Å². The van der Waals surface area contributed by atoms with Gasteiger partial charge in [-0.15, -0.1) is 0 Å². The highest BCUT2D eigenvalue weighted by Gasteiger charge is 2.38. The summed E-state index contributed by atoms with van der Waals surface area (Å²) >= 11 is 0. The molecule has 0 aliphatic carbocycles. The number of amides is 1. The minimum atomic E-state index is -0.134. The Labute approximate surface area is 164 Å². The van der Waals surface area contributed by atoms with Crippen LogP contribution < -0.4 is 0 Å². The van der Waals surface area contributed by atoms with Gasteiger partial charge in [0.1, 0.15) is 5.69 Å². The molecule has 7 nitrogen and oxygen atoms in total. The number of aromatic nitrogens is 5. The Balaban J connectivity index is 1.74. The molecule has 7 heteroatoms. The summed E-state index contributed by atoms with van der Waals surface area (Å²) in [5.41, 5.74) is 2.28. The first kappa shape index (κ1) is 18.3. The molecule has 0 unspecified atom stereocenters. The van der Waals surface area contributed by atoms with Crippen LogP contribution in [0, 0.1) is 12.8 Å². The fraction of sp³-hybridized carbons (Fsp3) is 0.381. The molecule has 0 bridgehead atoms. The van der Waals surface area contributed by atoms with E-state index in [0.29, 0.717) is 24.6 Å². The second-order valence-electron chi connectivity index (χ2n) is 7.26. The molecule has 0 fully saturated rings. The normalized spacial score (nSPS) is 17.2. The van der Waals surface area contributed by atoms with Gasteiger partial charge in [0, 0.05) is 30.7 Å². The molecule has 0 saturated heterocycles. The summed E-state index contributed by atoms with van der Waals surface area (Å²) in [4.78, 5) is 28.6. The van der Waals surface area contributed by atoms with Gasteiger partial charge in [0.05, 0.1) is 12.6 Å². The van der Waals surface area contributed by atoms with Gasteiger partial charge in [-0.25, -0.2) is 9.67 Å². The van der Waals surface area contributed by atoms with E-state index < -0.39 is 0 Å². The lowest BCUT2D eigenvalue weighted by atomic mass is 9.94. The van der Waals surface area contributed by atoms with Crippen molar-refractivity contribution in [1.82, 2.24) is 29.6 Å². The third-order valence-electron chi connectivity index (χ3n) is 5.43. The van der Waals surface area contributed by atoms with Crippen molar-refractivity contribution < 1.29 is 4.79 Å². The molecule has 2 atom stereocenters. The number of carbonyl (C=O) groups excluding carboxylic acids is 1. The third-order valence-corrected chi connectivity index (χ3v) is 5.43. The maximum atomic E-state index is 13.3. The molecular formula is C21H24N6O. The average Bonchev–Trinajstić information content (AvgIpc) is 3.17. The summed E-state index contributed by atoms with van der Waals surface area (Å²) in [6.45, 7) is 7.42. The maximum absolute atomic E-state index is 13.3.